The zero-order valence-electron chi connectivity index (χ0n) is 8.56. The summed E-state index contributed by atoms with van der Waals surface area (Å²) in [5.74, 6) is 0.280. The van der Waals surface area contributed by atoms with Crippen molar-refractivity contribution in [2.75, 3.05) is 26.2 Å². The van der Waals surface area contributed by atoms with E-state index in [1.807, 2.05) is 13.8 Å². The molecule has 0 saturated carbocycles. The van der Waals surface area contributed by atoms with Crippen LogP contribution in [0.4, 0.5) is 0 Å². The molecule has 0 atom stereocenters. The lowest BCUT2D eigenvalue weighted by atomic mass is 10.0. The Morgan fingerprint density at radius 1 is 1.38 bits per heavy atom. The highest BCUT2D eigenvalue weighted by molar-refractivity contribution is 5.97. The largest absolute Gasteiger partial charge is 0.368 e. The van der Waals surface area contributed by atoms with Gasteiger partial charge in [0, 0.05) is 26.2 Å². The number of allylic oxidation sites excluding steroid dienone is 1. The molecule has 0 radical (unpaired) electrons. The van der Waals surface area contributed by atoms with Crippen LogP contribution < -0.4 is 5.32 Å². The van der Waals surface area contributed by atoms with E-state index in [4.69, 9.17) is 5.41 Å². The van der Waals surface area contributed by atoms with Gasteiger partial charge in [0.2, 0.25) is 0 Å². The fourth-order valence-corrected chi connectivity index (χ4v) is 1.44. The first kappa shape index (κ1) is 10.3. The number of nitrogens with one attached hydrogen (secondary N) is 2. The van der Waals surface area contributed by atoms with Gasteiger partial charge in [-0.1, -0.05) is 20.4 Å². The Labute approximate surface area is 80.3 Å². The summed E-state index contributed by atoms with van der Waals surface area (Å²) < 4.78 is 0. The molecule has 0 spiro atoms. The van der Waals surface area contributed by atoms with Crippen LogP contribution in [-0.4, -0.2) is 36.8 Å². The Morgan fingerprint density at radius 3 is 2.38 bits per heavy atom. The van der Waals surface area contributed by atoms with E-state index in [9.17, 15) is 0 Å². The molecule has 13 heavy (non-hydrogen) atoms. The third-order valence-corrected chi connectivity index (χ3v) is 2.39. The van der Waals surface area contributed by atoms with Crippen LogP contribution in [0.3, 0.4) is 0 Å². The summed E-state index contributed by atoms with van der Waals surface area (Å²) in [6.45, 7) is 12.0. The quantitative estimate of drug-likeness (QED) is 0.640. The van der Waals surface area contributed by atoms with Gasteiger partial charge < -0.3 is 15.6 Å². The van der Waals surface area contributed by atoms with Crippen LogP contribution in [0.2, 0.25) is 0 Å². The number of hydrogen-bond acceptors (Lipinski definition) is 3. The fourth-order valence-electron chi connectivity index (χ4n) is 1.44. The summed E-state index contributed by atoms with van der Waals surface area (Å²) in [4.78, 5) is 2.19. The molecular weight excluding hydrogens is 162 g/mol. The molecule has 0 aliphatic carbocycles. The van der Waals surface area contributed by atoms with Crippen molar-refractivity contribution in [1.29, 1.82) is 5.41 Å². The van der Waals surface area contributed by atoms with Gasteiger partial charge in [0.25, 0.3) is 0 Å². The van der Waals surface area contributed by atoms with Gasteiger partial charge >= 0.3 is 0 Å². The highest BCUT2D eigenvalue weighted by atomic mass is 15.2. The molecule has 1 aliphatic rings. The van der Waals surface area contributed by atoms with Crippen molar-refractivity contribution in [2.24, 2.45) is 5.92 Å². The number of hydrogen-bond donors (Lipinski definition) is 2. The lowest BCUT2D eigenvalue weighted by Gasteiger charge is -2.31. The predicted molar refractivity (Wildman–Crippen MR) is 56.1 cm³/mol. The van der Waals surface area contributed by atoms with Gasteiger partial charge in [0.15, 0.2) is 0 Å². The van der Waals surface area contributed by atoms with E-state index in [0.29, 0.717) is 5.71 Å². The van der Waals surface area contributed by atoms with Crippen molar-refractivity contribution in [3.8, 4) is 0 Å². The van der Waals surface area contributed by atoms with Crippen LogP contribution in [0.25, 0.3) is 0 Å². The minimum atomic E-state index is 0.280. The van der Waals surface area contributed by atoms with Crippen molar-refractivity contribution < 1.29 is 0 Å². The van der Waals surface area contributed by atoms with Crippen LogP contribution in [0.15, 0.2) is 12.3 Å². The summed E-state index contributed by atoms with van der Waals surface area (Å²) >= 11 is 0. The minimum absolute atomic E-state index is 0.280. The third-order valence-electron chi connectivity index (χ3n) is 2.39. The van der Waals surface area contributed by atoms with Gasteiger partial charge in [-0.15, -0.1) is 0 Å². The molecule has 3 heteroatoms. The van der Waals surface area contributed by atoms with E-state index >= 15 is 0 Å². The molecule has 2 N–H and O–H groups in total. The minimum Gasteiger partial charge on any atom is -0.368 e. The normalized spacial score (nSPS) is 17.6. The van der Waals surface area contributed by atoms with Crippen molar-refractivity contribution >= 4 is 5.71 Å². The summed E-state index contributed by atoms with van der Waals surface area (Å²) in [5, 5.41) is 11.1. The summed E-state index contributed by atoms with van der Waals surface area (Å²) in [6, 6.07) is 0. The zero-order chi connectivity index (χ0) is 9.84. The lowest BCUT2D eigenvalue weighted by Crippen LogP contribution is -2.44. The summed E-state index contributed by atoms with van der Waals surface area (Å²) in [6.07, 6.45) is 0. The van der Waals surface area contributed by atoms with Gasteiger partial charge in [0.1, 0.15) is 0 Å². The molecule has 0 aromatic heterocycles. The molecule has 3 nitrogen and oxygen atoms in total. The van der Waals surface area contributed by atoms with Gasteiger partial charge in [-0.3, -0.25) is 0 Å². The summed E-state index contributed by atoms with van der Waals surface area (Å²) in [7, 11) is 0. The Morgan fingerprint density at radius 2 is 1.92 bits per heavy atom. The first-order valence-corrected chi connectivity index (χ1v) is 4.86. The molecule has 1 aliphatic heterocycles. The predicted octanol–water partition coefficient (Wildman–Crippen LogP) is 1.08. The Kier molecular flexibility index (Phi) is 3.48. The standard InChI is InChI=1S/C10H19N3/c1-8(2)10(11)9(3)13-6-4-12-5-7-13/h8,11-12H,3-7H2,1-2H3. The average molecular weight is 181 g/mol. The maximum Gasteiger partial charge on any atom is 0.0566 e. The molecule has 0 amide bonds. The van der Waals surface area contributed by atoms with Crippen LogP contribution >= 0.6 is 0 Å². The maximum atomic E-state index is 7.82. The maximum absolute atomic E-state index is 7.82. The molecular formula is C10H19N3. The second kappa shape index (κ2) is 4.42. The van der Waals surface area contributed by atoms with Crippen molar-refractivity contribution in [1.82, 2.24) is 10.2 Å². The Balaban J connectivity index is 2.50. The van der Waals surface area contributed by atoms with Crippen LogP contribution in [0.1, 0.15) is 13.8 Å². The van der Waals surface area contributed by atoms with E-state index in [0.717, 1.165) is 31.9 Å². The molecule has 0 aromatic rings. The number of nitrogens with zero attached hydrogens (tertiary/aromatic N) is 1. The van der Waals surface area contributed by atoms with Crippen molar-refractivity contribution in [3.63, 3.8) is 0 Å². The molecule has 0 unspecified atom stereocenters. The van der Waals surface area contributed by atoms with Gasteiger partial charge in [-0.05, 0) is 5.92 Å². The second-order valence-corrected chi connectivity index (χ2v) is 3.75. The topological polar surface area (TPSA) is 39.1 Å². The molecule has 1 heterocycles. The van der Waals surface area contributed by atoms with Crippen LogP contribution in [0.5, 0.6) is 0 Å². The van der Waals surface area contributed by atoms with Gasteiger partial charge in [-0.2, -0.15) is 0 Å². The first-order chi connectivity index (χ1) is 6.13. The van der Waals surface area contributed by atoms with E-state index < -0.39 is 0 Å². The first-order valence-electron chi connectivity index (χ1n) is 4.86. The van der Waals surface area contributed by atoms with Crippen LogP contribution in [0, 0.1) is 11.3 Å². The molecule has 0 aromatic carbocycles. The smallest absolute Gasteiger partial charge is 0.0566 e. The van der Waals surface area contributed by atoms with Gasteiger partial charge in [0.05, 0.1) is 11.4 Å². The summed E-state index contributed by atoms with van der Waals surface area (Å²) in [5.41, 5.74) is 1.57. The molecule has 1 rings (SSSR count). The number of piperazine rings is 1. The highest BCUT2D eigenvalue weighted by Gasteiger charge is 2.16. The Hall–Kier alpha value is -0.830. The third kappa shape index (κ3) is 2.56. The lowest BCUT2D eigenvalue weighted by molar-refractivity contribution is 0.311. The van der Waals surface area contributed by atoms with E-state index in [2.05, 4.69) is 16.8 Å². The highest BCUT2D eigenvalue weighted by Crippen LogP contribution is 2.10. The van der Waals surface area contributed by atoms with Crippen molar-refractivity contribution in [2.45, 2.75) is 13.8 Å². The molecule has 0 bridgehead atoms. The molecule has 1 saturated heterocycles. The van der Waals surface area contributed by atoms with Gasteiger partial charge in [-0.25, -0.2) is 0 Å². The second-order valence-electron chi connectivity index (χ2n) is 3.75. The number of rotatable bonds is 3. The fraction of sp³-hybridized carbons (Fsp3) is 0.700. The van der Waals surface area contributed by atoms with Crippen molar-refractivity contribution in [3.05, 3.63) is 12.3 Å². The van der Waals surface area contributed by atoms with E-state index in [1.54, 1.807) is 0 Å². The SMILES string of the molecule is C=C(C(=N)C(C)C)N1CCNCC1. The molecule has 74 valence electrons. The Bertz CT molecular complexity index is 202. The van der Waals surface area contributed by atoms with E-state index in [1.165, 1.54) is 0 Å². The monoisotopic (exact) mass is 181 g/mol. The zero-order valence-corrected chi connectivity index (χ0v) is 8.56. The molecule has 1 fully saturated rings. The van der Waals surface area contributed by atoms with E-state index in [-0.39, 0.29) is 5.92 Å². The average Bonchev–Trinajstić information content (AvgIpc) is 2.17. The van der Waals surface area contributed by atoms with Crippen LogP contribution in [-0.2, 0) is 0 Å².